The van der Waals surface area contributed by atoms with Crippen LogP contribution in [-0.4, -0.2) is 43.6 Å². The van der Waals surface area contributed by atoms with Crippen molar-refractivity contribution in [1.82, 2.24) is 4.98 Å². The van der Waals surface area contributed by atoms with Gasteiger partial charge < -0.3 is 34.7 Å². The molecule has 0 amide bonds. The van der Waals surface area contributed by atoms with Gasteiger partial charge in [0.25, 0.3) is 0 Å². The fourth-order valence-corrected chi connectivity index (χ4v) is 3.77. The third-order valence-corrected chi connectivity index (χ3v) is 5.43. The van der Waals surface area contributed by atoms with Gasteiger partial charge in [0.05, 0.1) is 13.5 Å². The fourth-order valence-electron chi connectivity index (χ4n) is 3.77. The van der Waals surface area contributed by atoms with Gasteiger partial charge in [-0.3, -0.25) is 14.6 Å². The molecule has 1 atom stereocenters. The van der Waals surface area contributed by atoms with Crippen molar-refractivity contribution in [3.8, 4) is 40.1 Å². The Hall–Kier alpha value is -4.73. The van der Waals surface area contributed by atoms with Gasteiger partial charge >= 0.3 is 5.97 Å². The zero-order chi connectivity index (χ0) is 24.6. The van der Waals surface area contributed by atoms with E-state index in [1.54, 1.807) is 12.1 Å². The average Bonchev–Trinajstić information content (AvgIpc) is 2.82. The number of phenolic OH excluding ortho intramolecular Hbond substituents is 4. The normalized spacial score (nSPS) is 11.9. The Kier molecular flexibility index (Phi) is 5.72. The highest BCUT2D eigenvalue weighted by Gasteiger charge is 2.29. The van der Waals surface area contributed by atoms with E-state index in [0.717, 1.165) is 18.2 Å². The standard InChI is InChI=1S/C24H19NO9/c1-33-18(30)9-13(11-4-6-25-7-5-11)19-16(28)10-17(29)20-21(31)22(32)23(34-24(19)20)12-2-3-14(26)15(27)8-12/h2-8,10,13,26-29,32H,9H2,1H3/t13-/m0/s1. The van der Waals surface area contributed by atoms with Crippen LogP contribution in [0.2, 0.25) is 0 Å². The lowest BCUT2D eigenvalue weighted by atomic mass is 9.87. The van der Waals surface area contributed by atoms with Crippen molar-refractivity contribution in [2.24, 2.45) is 0 Å². The number of hydrogen-bond acceptors (Lipinski definition) is 10. The fraction of sp³-hybridized carbons (Fsp3) is 0.125. The summed E-state index contributed by atoms with van der Waals surface area (Å²) in [6.45, 7) is 0. The van der Waals surface area contributed by atoms with Crippen molar-refractivity contribution in [2.45, 2.75) is 12.3 Å². The number of fused-ring (bicyclic) bond motifs is 1. The van der Waals surface area contributed by atoms with Gasteiger partial charge in [-0.05, 0) is 35.9 Å². The minimum absolute atomic E-state index is 0.00856. The topological polar surface area (TPSA) is 171 Å². The van der Waals surface area contributed by atoms with Gasteiger partial charge in [0.1, 0.15) is 22.5 Å². The number of phenols is 4. The van der Waals surface area contributed by atoms with E-state index in [0.29, 0.717) is 5.56 Å². The van der Waals surface area contributed by atoms with Crippen LogP contribution < -0.4 is 5.43 Å². The minimum atomic E-state index is -1.01. The number of aromatic nitrogens is 1. The van der Waals surface area contributed by atoms with Gasteiger partial charge in [0, 0.05) is 35.5 Å². The van der Waals surface area contributed by atoms with Crippen molar-refractivity contribution >= 4 is 16.9 Å². The maximum atomic E-state index is 13.0. The number of ether oxygens (including phenoxy) is 1. The summed E-state index contributed by atoms with van der Waals surface area (Å²) in [5, 5.41) is 50.7. The number of esters is 1. The number of rotatable bonds is 5. The molecule has 0 aliphatic carbocycles. The summed E-state index contributed by atoms with van der Waals surface area (Å²) in [4.78, 5) is 29.2. The summed E-state index contributed by atoms with van der Waals surface area (Å²) in [5.41, 5.74) is -0.732. The lowest BCUT2D eigenvalue weighted by Gasteiger charge is -2.20. The Labute approximate surface area is 191 Å². The van der Waals surface area contributed by atoms with Crippen molar-refractivity contribution in [2.75, 3.05) is 7.11 Å². The zero-order valence-electron chi connectivity index (χ0n) is 17.7. The Morgan fingerprint density at radius 1 is 0.971 bits per heavy atom. The average molecular weight is 465 g/mol. The molecule has 4 aromatic rings. The van der Waals surface area contributed by atoms with E-state index in [1.165, 1.54) is 25.6 Å². The molecule has 0 unspecified atom stereocenters. The highest BCUT2D eigenvalue weighted by Crippen LogP contribution is 2.44. The number of methoxy groups -OCH3 is 1. The lowest BCUT2D eigenvalue weighted by Crippen LogP contribution is -2.12. The Bertz CT molecular complexity index is 1460. The van der Waals surface area contributed by atoms with Crippen LogP contribution in [0.4, 0.5) is 0 Å². The highest BCUT2D eigenvalue weighted by atomic mass is 16.5. The molecule has 0 radical (unpaired) electrons. The molecule has 10 nitrogen and oxygen atoms in total. The van der Waals surface area contributed by atoms with Gasteiger partial charge in [-0.2, -0.15) is 0 Å². The number of hydrogen-bond donors (Lipinski definition) is 5. The van der Waals surface area contributed by atoms with Crippen LogP contribution in [0.1, 0.15) is 23.5 Å². The van der Waals surface area contributed by atoms with E-state index >= 15 is 0 Å². The molecule has 2 heterocycles. The van der Waals surface area contributed by atoms with Crippen molar-refractivity contribution in [3.05, 3.63) is 70.1 Å². The van der Waals surface area contributed by atoms with Crippen LogP contribution in [0.5, 0.6) is 28.7 Å². The van der Waals surface area contributed by atoms with Gasteiger partial charge in [-0.1, -0.05) is 0 Å². The van der Waals surface area contributed by atoms with Gasteiger partial charge in [0.15, 0.2) is 17.3 Å². The molecule has 0 bridgehead atoms. The molecule has 0 fully saturated rings. The minimum Gasteiger partial charge on any atom is -0.507 e. The van der Waals surface area contributed by atoms with Crippen LogP contribution in [0, 0.1) is 0 Å². The smallest absolute Gasteiger partial charge is 0.306 e. The number of carbonyl (C=O) groups excluding carboxylic acids is 1. The van der Waals surface area contributed by atoms with Crippen LogP contribution in [0.15, 0.2) is 58.0 Å². The van der Waals surface area contributed by atoms with Crippen molar-refractivity contribution < 1.29 is 39.5 Å². The van der Waals surface area contributed by atoms with Gasteiger partial charge in [0.2, 0.25) is 11.2 Å². The first-order valence-electron chi connectivity index (χ1n) is 9.96. The maximum absolute atomic E-state index is 13.0. The summed E-state index contributed by atoms with van der Waals surface area (Å²) < 4.78 is 10.6. The van der Waals surface area contributed by atoms with Crippen LogP contribution in [0.3, 0.4) is 0 Å². The third-order valence-electron chi connectivity index (χ3n) is 5.43. The largest absolute Gasteiger partial charge is 0.507 e. The summed E-state index contributed by atoms with van der Waals surface area (Å²) in [5.74, 6) is -4.82. The van der Waals surface area contributed by atoms with E-state index in [9.17, 15) is 35.1 Å². The molecule has 0 saturated carbocycles. The van der Waals surface area contributed by atoms with E-state index in [1.807, 2.05) is 0 Å². The first-order valence-corrected chi connectivity index (χ1v) is 9.96. The monoisotopic (exact) mass is 465 g/mol. The van der Waals surface area contributed by atoms with Crippen LogP contribution in [-0.2, 0) is 9.53 Å². The molecule has 0 aliphatic rings. The number of carbonyl (C=O) groups is 1. The first kappa shape index (κ1) is 22.5. The summed E-state index contributed by atoms with van der Waals surface area (Å²) >= 11 is 0. The maximum Gasteiger partial charge on any atom is 0.306 e. The van der Waals surface area contributed by atoms with E-state index in [-0.39, 0.29) is 28.9 Å². The summed E-state index contributed by atoms with van der Waals surface area (Å²) in [6.07, 6.45) is 2.70. The van der Waals surface area contributed by atoms with Crippen LogP contribution >= 0.6 is 0 Å². The predicted octanol–water partition coefficient (Wildman–Crippen LogP) is 3.08. The molecular formula is C24H19NO9. The molecule has 2 aromatic carbocycles. The molecule has 174 valence electrons. The molecule has 4 rings (SSSR count). The molecule has 2 aromatic heterocycles. The van der Waals surface area contributed by atoms with Crippen LogP contribution in [0.25, 0.3) is 22.3 Å². The summed E-state index contributed by atoms with van der Waals surface area (Å²) in [6, 6.07) is 7.61. The number of aromatic hydroxyl groups is 5. The van der Waals surface area contributed by atoms with Gasteiger partial charge in [-0.25, -0.2) is 0 Å². The van der Waals surface area contributed by atoms with E-state index < -0.39 is 51.4 Å². The first-order chi connectivity index (χ1) is 16.2. The number of nitrogens with zero attached hydrogens (tertiary/aromatic N) is 1. The molecule has 5 N–H and O–H groups in total. The number of benzene rings is 2. The van der Waals surface area contributed by atoms with E-state index in [2.05, 4.69) is 4.98 Å². The second kappa shape index (κ2) is 8.66. The zero-order valence-corrected chi connectivity index (χ0v) is 17.7. The second-order valence-electron chi connectivity index (χ2n) is 7.46. The molecule has 0 aliphatic heterocycles. The molecule has 0 spiro atoms. The molecular weight excluding hydrogens is 446 g/mol. The molecule has 0 saturated heterocycles. The Balaban J connectivity index is 2.08. The van der Waals surface area contributed by atoms with Crippen molar-refractivity contribution in [3.63, 3.8) is 0 Å². The summed E-state index contributed by atoms with van der Waals surface area (Å²) in [7, 11) is 1.20. The number of pyridine rings is 1. The SMILES string of the molecule is COC(=O)C[C@@H](c1ccncc1)c1c(O)cc(O)c2c(=O)c(O)c(-c3ccc(O)c(O)c3)oc12. The lowest BCUT2D eigenvalue weighted by molar-refractivity contribution is -0.140. The Morgan fingerprint density at radius 3 is 2.32 bits per heavy atom. The molecule has 10 heteroatoms. The highest BCUT2D eigenvalue weighted by molar-refractivity contribution is 5.92. The predicted molar refractivity (Wildman–Crippen MR) is 119 cm³/mol. The third kappa shape index (κ3) is 3.81. The van der Waals surface area contributed by atoms with Crippen molar-refractivity contribution in [1.29, 1.82) is 0 Å². The Morgan fingerprint density at radius 2 is 1.68 bits per heavy atom. The van der Waals surface area contributed by atoms with Gasteiger partial charge in [-0.15, -0.1) is 0 Å². The second-order valence-corrected chi connectivity index (χ2v) is 7.46. The molecule has 34 heavy (non-hydrogen) atoms. The van der Waals surface area contributed by atoms with E-state index in [4.69, 9.17) is 9.15 Å². The quantitative estimate of drug-likeness (QED) is 0.218.